The minimum absolute atomic E-state index is 0.599. The van der Waals surface area contributed by atoms with Crippen LogP contribution in [0, 0.1) is 10.7 Å². The smallest absolute Gasteiger partial charge is 0.133 e. The summed E-state index contributed by atoms with van der Waals surface area (Å²) in [6.45, 7) is 4.46. The molecule has 0 N–H and O–H groups in total. The highest BCUT2D eigenvalue weighted by molar-refractivity contribution is 8.03. The molecular weight excluding hydrogens is 222 g/mol. The van der Waals surface area contributed by atoms with Crippen molar-refractivity contribution in [2.75, 3.05) is 5.75 Å². The molecule has 0 bridgehead atoms. The standard InChI is InChI=1S/C12H17NS2/c1-3-4-11-5-6-12(15-11)10(2)7-8-14-9-13/h5-6,10H,3-4,7-8H2,1-2H3. The molecule has 1 nitrogen and oxygen atoms in total. The van der Waals surface area contributed by atoms with Crippen LogP contribution in [0.3, 0.4) is 0 Å². The number of hydrogen-bond acceptors (Lipinski definition) is 3. The SMILES string of the molecule is CCCc1ccc(C(C)CCSC#N)s1. The van der Waals surface area contributed by atoms with Crippen molar-refractivity contribution in [3.05, 3.63) is 21.9 Å². The van der Waals surface area contributed by atoms with Crippen LogP contribution in [0.2, 0.25) is 0 Å². The van der Waals surface area contributed by atoms with Gasteiger partial charge in [-0.15, -0.1) is 11.3 Å². The largest absolute Gasteiger partial charge is 0.185 e. The predicted molar refractivity (Wildman–Crippen MR) is 69.4 cm³/mol. The topological polar surface area (TPSA) is 23.8 Å². The lowest BCUT2D eigenvalue weighted by Crippen LogP contribution is -1.91. The first-order valence-corrected chi connectivity index (χ1v) is 7.17. The number of thioether (sulfide) groups is 1. The Bertz CT molecular complexity index is 325. The lowest BCUT2D eigenvalue weighted by molar-refractivity contribution is 0.756. The van der Waals surface area contributed by atoms with Gasteiger partial charge >= 0.3 is 0 Å². The van der Waals surface area contributed by atoms with E-state index < -0.39 is 0 Å². The Morgan fingerprint density at radius 3 is 3.00 bits per heavy atom. The van der Waals surface area contributed by atoms with Crippen LogP contribution in [0.1, 0.15) is 42.4 Å². The first-order chi connectivity index (χ1) is 7.27. The van der Waals surface area contributed by atoms with Gasteiger partial charge in [0.25, 0.3) is 0 Å². The Morgan fingerprint density at radius 1 is 1.53 bits per heavy atom. The van der Waals surface area contributed by atoms with Crippen LogP contribution >= 0.6 is 23.1 Å². The van der Waals surface area contributed by atoms with Gasteiger partial charge < -0.3 is 0 Å². The molecule has 0 saturated carbocycles. The van der Waals surface area contributed by atoms with Gasteiger partial charge in [0.15, 0.2) is 0 Å². The van der Waals surface area contributed by atoms with Crippen LogP contribution in [-0.4, -0.2) is 5.75 Å². The summed E-state index contributed by atoms with van der Waals surface area (Å²) in [6, 6.07) is 4.49. The molecule has 0 aliphatic carbocycles. The Kier molecular flexibility index (Phi) is 5.82. The molecular formula is C12H17NS2. The summed E-state index contributed by atoms with van der Waals surface area (Å²) >= 11 is 3.29. The Balaban J connectivity index is 2.43. The lowest BCUT2D eigenvalue weighted by atomic mass is 10.1. The summed E-state index contributed by atoms with van der Waals surface area (Å²) in [7, 11) is 0. The molecule has 1 unspecified atom stereocenters. The molecule has 0 radical (unpaired) electrons. The first kappa shape index (κ1) is 12.6. The van der Waals surface area contributed by atoms with E-state index in [9.17, 15) is 0 Å². The fourth-order valence-electron chi connectivity index (χ4n) is 1.46. The van der Waals surface area contributed by atoms with Gasteiger partial charge in [-0.05, 0) is 42.7 Å². The van der Waals surface area contributed by atoms with Crippen molar-refractivity contribution < 1.29 is 0 Å². The number of nitriles is 1. The highest BCUT2D eigenvalue weighted by Crippen LogP contribution is 2.28. The van der Waals surface area contributed by atoms with Gasteiger partial charge in [0.2, 0.25) is 0 Å². The van der Waals surface area contributed by atoms with Gasteiger partial charge in [0, 0.05) is 15.5 Å². The fraction of sp³-hybridized carbons (Fsp3) is 0.583. The van der Waals surface area contributed by atoms with Gasteiger partial charge in [-0.1, -0.05) is 20.3 Å². The van der Waals surface area contributed by atoms with Crippen LogP contribution in [0.15, 0.2) is 12.1 Å². The summed E-state index contributed by atoms with van der Waals surface area (Å²) < 4.78 is 0. The lowest BCUT2D eigenvalue weighted by Gasteiger charge is -2.06. The van der Waals surface area contributed by atoms with Crippen molar-refractivity contribution >= 4 is 23.1 Å². The number of thiophene rings is 1. The second-order valence-corrected chi connectivity index (χ2v) is 5.76. The predicted octanol–water partition coefficient (Wildman–Crippen LogP) is 4.41. The molecule has 0 aliphatic rings. The monoisotopic (exact) mass is 239 g/mol. The van der Waals surface area contributed by atoms with Crippen molar-refractivity contribution in [1.82, 2.24) is 0 Å². The number of rotatable bonds is 6. The molecule has 1 aromatic heterocycles. The van der Waals surface area contributed by atoms with E-state index in [1.54, 1.807) is 0 Å². The fourth-order valence-corrected chi connectivity index (χ4v) is 3.23. The summed E-state index contributed by atoms with van der Waals surface area (Å²) in [4.78, 5) is 2.96. The van der Waals surface area contributed by atoms with Crippen molar-refractivity contribution in [2.45, 2.75) is 39.0 Å². The zero-order valence-corrected chi connectivity index (χ0v) is 11.0. The van der Waals surface area contributed by atoms with Crippen molar-refractivity contribution in [2.24, 2.45) is 0 Å². The van der Waals surface area contributed by atoms with E-state index in [4.69, 9.17) is 5.26 Å². The van der Waals surface area contributed by atoms with Crippen LogP contribution in [-0.2, 0) is 6.42 Å². The maximum Gasteiger partial charge on any atom is 0.133 e. The van der Waals surface area contributed by atoms with E-state index in [2.05, 4.69) is 31.4 Å². The quantitative estimate of drug-likeness (QED) is 0.542. The normalized spacial score (nSPS) is 12.3. The Morgan fingerprint density at radius 2 is 2.33 bits per heavy atom. The average molecular weight is 239 g/mol. The zero-order valence-electron chi connectivity index (χ0n) is 9.32. The van der Waals surface area contributed by atoms with Crippen LogP contribution in [0.25, 0.3) is 0 Å². The van der Waals surface area contributed by atoms with Crippen molar-refractivity contribution in [1.29, 1.82) is 5.26 Å². The van der Waals surface area contributed by atoms with E-state index >= 15 is 0 Å². The van der Waals surface area contributed by atoms with Crippen LogP contribution < -0.4 is 0 Å². The molecule has 15 heavy (non-hydrogen) atoms. The minimum Gasteiger partial charge on any atom is -0.185 e. The number of thiocyanates is 1. The third-order valence-electron chi connectivity index (χ3n) is 2.38. The minimum atomic E-state index is 0.599. The molecule has 0 saturated heterocycles. The molecule has 1 atom stereocenters. The van der Waals surface area contributed by atoms with E-state index in [1.807, 2.05) is 11.3 Å². The summed E-state index contributed by atoms with van der Waals surface area (Å²) in [5, 5.41) is 10.6. The highest BCUT2D eigenvalue weighted by atomic mass is 32.2. The molecule has 1 aromatic rings. The number of nitrogens with zero attached hydrogens (tertiary/aromatic N) is 1. The molecule has 3 heteroatoms. The third-order valence-corrected chi connectivity index (χ3v) is 4.33. The molecule has 0 aromatic carbocycles. The first-order valence-electron chi connectivity index (χ1n) is 5.37. The molecule has 0 amide bonds. The van der Waals surface area contributed by atoms with E-state index in [-0.39, 0.29) is 0 Å². The van der Waals surface area contributed by atoms with Gasteiger partial charge in [-0.3, -0.25) is 0 Å². The zero-order chi connectivity index (χ0) is 11.1. The molecule has 82 valence electrons. The van der Waals surface area contributed by atoms with E-state index in [0.29, 0.717) is 5.92 Å². The average Bonchev–Trinajstić information content (AvgIpc) is 2.67. The van der Waals surface area contributed by atoms with Gasteiger partial charge in [-0.25, -0.2) is 0 Å². The van der Waals surface area contributed by atoms with Crippen molar-refractivity contribution in [3.63, 3.8) is 0 Å². The van der Waals surface area contributed by atoms with Crippen molar-refractivity contribution in [3.8, 4) is 5.40 Å². The summed E-state index contributed by atoms with van der Waals surface area (Å²) in [6.07, 6.45) is 3.52. The molecule has 1 heterocycles. The van der Waals surface area contributed by atoms with E-state index in [0.717, 1.165) is 12.2 Å². The number of hydrogen-bond donors (Lipinski definition) is 0. The molecule has 0 fully saturated rings. The molecule has 1 rings (SSSR count). The second kappa shape index (κ2) is 6.92. The number of aryl methyl sites for hydroxylation is 1. The van der Waals surface area contributed by atoms with Crippen LogP contribution in [0.4, 0.5) is 0 Å². The molecule has 0 spiro atoms. The molecule has 0 aliphatic heterocycles. The maximum absolute atomic E-state index is 8.44. The van der Waals surface area contributed by atoms with Gasteiger partial charge in [0.05, 0.1) is 0 Å². The maximum atomic E-state index is 8.44. The van der Waals surface area contributed by atoms with Gasteiger partial charge in [0.1, 0.15) is 5.40 Å². The summed E-state index contributed by atoms with van der Waals surface area (Å²) in [5.74, 6) is 1.54. The Hall–Kier alpha value is -0.460. The van der Waals surface area contributed by atoms with Crippen LogP contribution in [0.5, 0.6) is 0 Å². The highest BCUT2D eigenvalue weighted by Gasteiger charge is 2.08. The second-order valence-electron chi connectivity index (χ2n) is 3.68. The van der Waals surface area contributed by atoms with E-state index in [1.165, 1.54) is 34.4 Å². The third kappa shape index (κ3) is 4.27. The Labute approximate surface area is 101 Å². The van der Waals surface area contributed by atoms with Gasteiger partial charge in [-0.2, -0.15) is 5.26 Å². The summed E-state index contributed by atoms with van der Waals surface area (Å²) in [5.41, 5.74) is 0.